The summed E-state index contributed by atoms with van der Waals surface area (Å²) in [4.78, 5) is 57.8. The summed E-state index contributed by atoms with van der Waals surface area (Å²) in [6, 6.07) is 11.6. The van der Waals surface area contributed by atoms with Gasteiger partial charge >= 0.3 is 18.2 Å². The molecule has 0 aliphatic heterocycles. The number of imide groups is 1. The van der Waals surface area contributed by atoms with Gasteiger partial charge in [0.25, 0.3) is 5.91 Å². The Bertz CT molecular complexity index is 1140. The molecule has 204 valence electrons. The highest BCUT2D eigenvalue weighted by atomic mass is 16.6. The lowest BCUT2D eigenvalue weighted by Gasteiger charge is -2.20. The molecule has 2 aromatic carbocycles. The Kier molecular flexibility index (Phi) is 10.6. The molecule has 0 unspecified atom stereocenters. The average molecular weight is 530 g/mol. The molecule has 0 spiro atoms. The highest BCUT2D eigenvalue weighted by Crippen LogP contribution is 2.17. The lowest BCUT2D eigenvalue weighted by Crippen LogP contribution is -2.44. The molecule has 12 heteroatoms. The Hall–Kier alpha value is -4.61. The van der Waals surface area contributed by atoms with E-state index in [9.17, 15) is 29.1 Å². The summed E-state index contributed by atoms with van der Waals surface area (Å²) in [6.07, 6.45) is -2.46. The van der Waals surface area contributed by atoms with Gasteiger partial charge < -0.3 is 30.3 Å². The largest absolute Gasteiger partial charge is 0.489 e. The molecule has 0 saturated carbocycles. The second-order valence-corrected chi connectivity index (χ2v) is 9.17. The van der Waals surface area contributed by atoms with E-state index in [1.165, 1.54) is 0 Å². The van der Waals surface area contributed by atoms with Gasteiger partial charge in [-0.1, -0.05) is 24.3 Å². The standard InChI is InChI=1S/C26H31N3O9/c1-26(2,3)38-24(34)28-12-11-27-22(31)19-6-4-5-18(13-19)15-37-20-9-7-17(8-10-20)14-21(23(32)33)29(16-30)25(35)36/h4-10,13,16,21H,11-12,14-15H2,1-3H3,(H,27,31)(H,28,34)(H,32,33)(H,35,36)/t21-/m1/s1. The number of aliphatic carboxylic acids is 1. The lowest BCUT2D eigenvalue weighted by atomic mass is 10.1. The second-order valence-electron chi connectivity index (χ2n) is 9.17. The lowest BCUT2D eigenvalue weighted by molar-refractivity contribution is -0.145. The van der Waals surface area contributed by atoms with Crippen LogP contribution in [-0.4, -0.2) is 70.3 Å². The minimum absolute atomic E-state index is 0.0338. The van der Waals surface area contributed by atoms with Gasteiger partial charge in [-0.25, -0.2) is 19.3 Å². The van der Waals surface area contributed by atoms with Gasteiger partial charge in [-0.2, -0.15) is 0 Å². The van der Waals surface area contributed by atoms with Gasteiger partial charge in [-0.05, 0) is 56.2 Å². The van der Waals surface area contributed by atoms with Gasteiger partial charge in [0.05, 0.1) is 0 Å². The van der Waals surface area contributed by atoms with Crippen molar-refractivity contribution in [1.82, 2.24) is 15.5 Å². The highest BCUT2D eigenvalue weighted by molar-refractivity contribution is 5.94. The zero-order valence-electron chi connectivity index (χ0n) is 21.3. The third-order valence-corrected chi connectivity index (χ3v) is 4.98. The molecule has 4 N–H and O–H groups in total. The number of amides is 4. The van der Waals surface area contributed by atoms with E-state index in [0.29, 0.717) is 16.9 Å². The Morgan fingerprint density at radius 2 is 1.63 bits per heavy atom. The summed E-state index contributed by atoms with van der Waals surface area (Å²) >= 11 is 0. The fraction of sp³-hybridized carbons (Fsp3) is 0.346. The van der Waals surface area contributed by atoms with Crippen LogP contribution in [-0.2, 0) is 27.4 Å². The maximum absolute atomic E-state index is 12.4. The predicted octanol–water partition coefficient (Wildman–Crippen LogP) is 2.65. The SMILES string of the molecule is CC(C)(C)OC(=O)NCCNC(=O)c1cccc(COc2ccc(C[C@H](C(=O)O)N(C=O)C(=O)O)cc2)c1. The molecule has 38 heavy (non-hydrogen) atoms. The molecule has 0 heterocycles. The molecule has 12 nitrogen and oxygen atoms in total. The molecule has 0 saturated heterocycles. The molecule has 0 aromatic heterocycles. The second kappa shape index (κ2) is 13.6. The van der Waals surface area contributed by atoms with Crippen LogP contribution in [0.25, 0.3) is 0 Å². The number of hydrogen-bond donors (Lipinski definition) is 4. The normalized spacial score (nSPS) is 11.6. The van der Waals surface area contributed by atoms with Crippen LogP contribution in [0.1, 0.15) is 42.3 Å². The van der Waals surface area contributed by atoms with Crippen molar-refractivity contribution < 1.29 is 43.7 Å². The maximum Gasteiger partial charge on any atom is 0.414 e. The first kappa shape index (κ1) is 29.6. The summed E-state index contributed by atoms with van der Waals surface area (Å²) < 4.78 is 10.9. The minimum Gasteiger partial charge on any atom is -0.489 e. The number of carbonyl (C=O) groups excluding carboxylic acids is 3. The maximum atomic E-state index is 12.4. The molecule has 0 aliphatic carbocycles. The van der Waals surface area contributed by atoms with Crippen LogP contribution < -0.4 is 15.4 Å². The molecule has 2 aromatic rings. The molecule has 0 radical (unpaired) electrons. The number of carboxylic acids is 1. The number of nitrogens with zero attached hydrogens (tertiary/aromatic N) is 1. The van der Waals surface area contributed by atoms with E-state index in [-0.39, 0.29) is 43.3 Å². The summed E-state index contributed by atoms with van der Waals surface area (Å²) in [5.41, 5.74) is 1.03. The minimum atomic E-state index is -1.65. The third-order valence-electron chi connectivity index (χ3n) is 4.98. The van der Waals surface area contributed by atoms with Crippen LogP contribution in [0.2, 0.25) is 0 Å². The number of alkyl carbamates (subject to hydrolysis) is 1. The van der Waals surface area contributed by atoms with E-state index in [1.807, 2.05) is 0 Å². The Balaban J connectivity index is 1.87. The molecule has 0 aliphatic rings. The molecule has 0 bridgehead atoms. The average Bonchev–Trinajstić information content (AvgIpc) is 2.84. The van der Waals surface area contributed by atoms with Gasteiger partial charge in [0, 0.05) is 25.1 Å². The summed E-state index contributed by atoms with van der Waals surface area (Å²) in [5, 5.41) is 23.6. The molecular formula is C26H31N3O9. The Morgan fingerprint density at radius 3 is 2.21 bits per heavy atom. The number of hydrogen-bond acceptors (Lipinski definition) is 7. The van der Waals surface area contributed by atoms with Crippen molar-refractivity contribution in [2.45, 2.75) is 45.4 Å². The van der Waals surface area contributed by atoms with Crippen molar-refractivity contribution in [1.29, 1.82) is 0 Å². The van der Waals surface area contributed by atoms with Crippen molar-refractivity contribution in [3.63, 3.8) is 0 Å². The molecular weight excluding hydrogens is 498 g/mol. The number of benzene rings is 2. The molecule has 4 amide bonds. The van der Waals surface area contributed by atoms with Gasteiger partial charge in [0.2, 0.25) is 6.41 Å². The van der Waals surface area contributed by atoms with E-state index in [0.717, 1.165) is 5.56 Å². The smallest absolute Gasteiger partial charge is 0.414 e. The zero-order valence-corrected chi connectivity index (χ0v) is 21.3. The Labute approximate surface area is 219 Å². The molecule has 0 fully saturated rings. The van der Waals surface area contributed by atoms with Crippen LogP contribution in [0.15, 0.2) is 48.5 Å². The summed E-state index contributed by atoms with van der Waals surface area (Å²) in [7, 11) is 0. The van der Waals surface area contributed by atoms with Crippen molar-refractivity contribution >= 4 is 30.5 Å². The van der Waals surface area contributed by atoms with E-state index in [4.69, 9.17) is 14.6 Å². The van der Waals surface area contributed by atoms with Crippen LogP contribution in [0.3, 0.4) is 0 Å². The fourth-order valence-corrected chi connectivity index (χ4v) is 3.23. The quantitative estimate of drug-likeness (QED) is 0.238. The van der Waals surface area contributed by atoms with Crippen molar-refractivity contribution in [3.05, 3.63) is 65.2 Å². The van der Waals surface area contributed by atoms with E-state index >= 15 is 0 Å². The van der Waals surface area contributed by atoms with Gasteiger partial charge in [0.15, 0.2) is 0 Å². The monoisotopic (exact) mass is 529 g/mol. The number of nitrogens with one attached hydrogen (secondary N) is 2. The van der Waals surface area contributed by atoms with Crippen LogP contribution in [0.4, 0.5) is 9.59 Å². The van der Waals surface area contributed by atoms with Gasteiger partial charge in [0.1, 0.15) is 24.0 Å². The Morgan fingerprint density at radius 1 is 0.974 bits per heavy atom. The van der Waals surface area contributed by atoms with E-state index in [1.54, 1.807) is 69.3 Å². The van der Waals surface area contributed by atoms with E-state index < -0.39 is 29.8 Å². The van der Waals surface area contributed by atoms with Crippen LogP contribution >= 0.6 is 0 Å². The third kappa shape index (κ3) is 9.80. The fourth-order valence-electron chi connectivity index (χ4n) is 3.23. The predicted molar refractivity (Wildman–Crippen MR) is 135 cm³/mol. The van der Waals surface area contributed by atoms with Crippen LogP contribution in [0.5, 0.6) is 5.75 Å². The first-order valence-corrected chi connectivity index (χ1v) is 11.6. The number of ether oxygens (including phenoxy) is 2. The number of carbonyl (C=O) groups is 5. The van der Waals surface area contributed by atoms with Gasteiger partial charge in [-0.15, -0.1) is 0 Å². The van der Waals surface area contributed by atoms with E-state index in [2.05, 4.69) is 10.6 Å². The number of rotatable bonds is 12. The van der Waals surface area contributed by atoms with Crippen molar-refractivity contribution in [2.24, 2.45) is 0 Å². The highest BCUT2D eigenvalue weighted by Gasteiger charge is 2.29. The van der Waals surface area contributed by atoms with Crippen LogP contribution in [0, 0.1) is 0 Å². The van der Waals surface area contributed by atoms with Crippen molar-refractivity contribution in [2.75, 3.05) is 13.1 Å². The zero-order chi connectivity index (χ0) is 28.3. The topological polar surface area (TPSA) is 172 Å². The number of carboxylic acid groups (broad SMARTS) is 2. The molecule has 1 atom stereocenters. The summed E-state index contributed by atoms with van der Waals surface area (Å²) in [6.45, 7) is 5.83. The first-order valence-electron chi connectivity index (χ1n) is 11.6. The van der Waals surface area contributed by atoms with Gasteiger partial charge in [-0.3, -0.25) is 9.59 Å². The molecule has 2 rings (SSSR count). The van der Waals surface area contributed by atoms with Crippen molar-refractivity contribution in [3.8, 4) is 5.75 Å². The summed E-state index contributed by atoms with van der Waals surface area (Å²) in [5.74, 6) is -1.29. The first-order chi connectivity index (χ1) is 17.9.